The molecular formula is C22H25FN4. The van der Waals surface area contributed by atoms with Gasteiger partial charge in [-0.1, -0.05) is 25.6 Å². The summed E-state index contributed by atoms with van der Waals surface area (Å²) in [5.41, 5.74) is 3.20. The fraction of sp³-hybridized carbons (Fsp3) is 0.273. The van der Waals surface area contributed by atoms with Crippen LogP contribution in [0.25, 0.3) is 6.08 Å². The number of hydrogen-bond donors (Lipinski definition) is 0. The van der Waals surface area contributed by atoms with E-state index in [1.807, 2.05) is 19.9 Å². The minimum Gasteiger partial charge on any atom is -0.282 e. The summed E-state index contributed by atoms with van der Waals surface area (Å²) in [6.45, 7) is 11.6. The van der Waals surface area contributed by atoms with Crippen LogP contribution in [0.3, 0.4) is 0 Å². The van der Waals surface area contributed by atoms with Crippen molar-refractivity contribution < 1.29 is 4.39 Å². The molecule has 4 nitrogen and oxygen atoms in total. The van der Waals surface area contributed by atoms with Crippen LogP contribution in [0.1, 0.15) is 48.2 Å². The summed E-state index contributed by atoms with van der Waals surface area (Å²) in [4.78, 5) is 16.8. The fourth-order valence-corrected chi connectivity index (χ4v) is 2.99. The van der Waals surface area contributed by atoms with Crippen molar-refractivity contribution in [3.8, 4) is 0 Å². The van der Waals surface area contributed by atoms with Crippen LogP contribution in [-0.4, -0.2) is 22.4 Å². The number of allylic oxidation sites excluding steroid dienone is 1. The summed E-state index contributed by atoms with van der Waals surface area (Å²) in [7, 11) is 0. The van der Waals surface area contributed by atoms with Crippen molar-refractivity contribution in [1.29, 1.82) is 0 Å². The molecule has 1 aromatic carbocycles. The van der Waals surface area contributed by atoms with Crippen molar-refractivity contribution in [2.24, 2.45) is 9.98 Å². The first kappa shape index (κ1) is 20.4. The van der Waals surface area contributed by atoms with E-state index in [0.717, 1.165) is 23.3 Å². The summed E-state index contributed by atoms with van der Waals surface area (Å²) in [6, 6.07) is 5.30. The first-order chi connectivity index (χ1) is 13.1. The lowest BCUT2D eigenvalue weighted by Gasteiger charge is -2.19. The third kappa shape index (κ3) is 5.78. The first-order valence-corrected chi connectivity index (χ1v) is 8.93. The molecule has 0 spiro atoms. The number of aryl methyl sites for hydroxylation is 1. The molecule has 2 aromatic rings. The van der Waals surface area contributed by atoms with Crippen molar-refractivity contribution >= 4 is 18.5 Å². The first-order valence-electron chi connectivity index (χ1n) is 8.93. The molecule has 1 atom stereocenters. The number of halogens is 1. The molecule has 0 aliphatic rings. The van der Waals surface area contributed by atoms with Crippen LogP contribution < -0.4 is 0 Å². The zero-order chi connectivity index (χ0) is 19.6. The minimum absolute atomic E-state index is 0.0245. The molecule has 140 valence electrons. The maximum Gasteiger partial charge on any atom is 0.149 e. The predicted molar refractivity (Wildman–Crippen MR) is 111 cm³/mol. The average Bonchev–Trinajstić information content (AvgIpc) is 2.68. The fourth-order valence-electron chi connectivity index (χ4n) is 2.99. The van der Waals surface area contributed by atoms with Gasteiger partial charge in [-0.05, 0) is 67.3 Å². The molecule has 0 saturated carbocycles. The summed E-state index contributed by atoms with van der Waals surface area (Å²) in [6.07, 6.45) is 9.84. The molecule has 0 fully saturated rings. The second-order valence-electron chi connectivity index (χ2n) is 6.23. The van der Waals surface area contributed by atoms with Crippen molar-refractivity contribution in [3.05, 3.63) is 77.8 Å². The van der Waals surface area contributed by atoms with E-state index in [0.29, 0.717) is 24.4 Å². The largest absolute Gasteiger partial charge is 0.282 e. The number of nitrogens with zero attached hydrogens (tertiary/aromatic N) is 4. The molecule has 1 unspecified atom stereocenters. The van der Waals surface area contributed by atoms with Gasteiger partial charge in [-0.15, -0.1) is 0 Å². The number of hydrogen-bond acceptors (Lipinski definition) is 4. The van der Waals surface area contributed by atoms with E-state index in [2.05, 4.69) is 33.2 Å². The molecule has 27 heavy (non-hydrogen) atoms. The normalized spacial score (nSPS) is 12.9. The van der Waals surface area contributed by atoms with Gasteiger partial charge in [0, 0.05) is 24.3 Å². The molecule has 0 aliphatic heterocycles. The third-order valence-electron chi connectivity index (χ3n) is 4.30. The molecule has 1 aromatic heterocycles. The molecule has 0 aliphatic carbocycles. The van der Waals surface area contributed by atoms with E-state index >= 15 is 0 Å². The number of rotatable bonds is 9. The Bertz CT molecular complexity index is 841. The zero-order valence-electron chi connectivity index (χ0n) is 15.9. The monoisotopic (exact) mass is 364 g/mol. The molecule has 5 heteroatoms. The highest BCUT2D eigenvalue weighted by atomic mass is 19.1. The maximum absolute atomic E-state index is 14.7. The Labute approximate surface area is 160 Å². The highest BCUT2D eigenvalue weighted by Crippen LogP contribution is 2.31. The Balaban J connectivity index is 2.33. The van der Waals surface area contributed by atoms with Gasteiger partial charge in [0.1, 0.15) is 11.6 Å². The highest BCUT2D eigenvalue weighted by molar-refractivity contribution is 5.95. The molecule has 1 heterocycles. The number of benzene rings is 1. The predicted octanol–water partition coefficient (Wildman–Crippen LogP) is 5.31. The van der Waals surface area contributed by atoms with E-state index in [1.54, 1.807) is 42.9 Å². The van der Waals surface area contributed by atoms with Crippen molar-refractivity contribution in [3.63, 3.8) is 0 Å². The van der Waals surface area contributed by atoms with Gasteiger partial charge >= 0.3 is 0 Å². The topological polar surface area (TPSA) is 50.5 Å². The molecule has 0 amide bonds. The molecule has 0 N–H and O–H groups in total. The third-order valence-corrected chi connectivity index (χ3v) is 4.30. The van der Waals surface area contributed by atoms with Gasteiger partial charge < -0.3 is 0 Å². The highest BCUT2D eigenvalue weighted by Gasteiger charge is 2.19. The van der Waals surface area contributed by atoms with Gasteiger partial charge in [-0.25, -0.2) is 14.4 Å². The molecule has 0 saturated heterocycles. The van der Waals surface area contributed by atoms with Crippen LogP contribution in [0, 0.1) is 12.7 Å². The zero-order valence-corrected chi connectivity index (χ0v) is 15.9. The van der Waals surface area contributed by atoms with Gasteiger partial charge in [0.25, 0.3) is 0 Å². The van der Waals surface area contributed by atoms with Gasteiger partial charge in [0.15, 0.2) is 0 Å². The SMILES string of the molecule is C=Cc1cc(C)cc(F)c1C(CC)CC(/C=C\N=C)=N/Cc1ncccn1. The van der Waals surface area contributed by atoms with Gasteiger partial charge in [-0.2, -0.15) is 0 Å². The number of aromatic nitrogens is 2. The van der Waals surface area contributed by atoms with Crippen molar-refractivity contribution in [2.45, 2.75) is 39.2 Å². The Morgan fingerprint density at radius 3 is 2.67 bits per heavy atom. The van der Waals surface area contributed by atoms with Crippen LogP contribution in [0.5, 0.6) is 0 Å². The average molecular weight is 364 g/mol. The van der Waals surface area contributed by atoms with E-state index in [4.69, 9.17) is 0 Å². The van der Waals surface area contributed by atoms with E-state index < -0.39 is 0 Å². The Hall–Kier alpha value is -2.95. The maximum atomic E-state index is 14.7. The molecular weight excluding hydrogens is 339 g/mol. The standard InChI is InChI=1S/C22H25FN4/c1-5-17-12-16(3)13-20(23)22(17)18(6-2)14-19(8-11-24-4)27-15-21-25-9-7-10-26-21/h5,7-13,18H,1,4,6,14-15H2,2-3H3/b11-8-,27-19+. The lowest BCUT2D eigenvalue weighted by molar-refractivity contribution is 0.572. The van der Waals surface area contributed by atoms with Crippen LogP contribution in [-0.2, 0) is 6.54 Å². The van der Waals surface area contributed by atoms with Crippen molar-refractivity contribution in [1.82, 2.24) is 9.97 Å². The second kappa shape index (κ2) is 10.3. The number of aliphatic imine (C=N–C) groups is 2. The van der Waals surface area contributed by atoms with Crippen LogP contribution in [0.15, 0.2) is 59.4 Å². The lowest BCUT2D eigenvalue weighted by Crippen LogP contribution is -2.10. The van der Waals surface area contributed by atoms with Gasteiger partial charge in [-0.3, -0.25) is 9.98 Å². The molecule has 0 radical (unpaired) electrons. The molecule has 2 rings (SSSR count). The summed E-state index contributed by atoms with van der Waals surface area (Å²) in [5.74, 6) is 0.410. The van der Waals surface area contributed by atoms with Gasteiger partial charge in [0.05, 0.1) is 6.54 Å². The Morgan fingerprint density at radius 2 is 2.04 bits per heavy atom. The van der Waals surface area contributed by atoms with Crippen molar-refractivity contribution in [2.75, 3.05) is 0 Å². The van der Waals surface area contributed by atoms with Crippen LogP contribution in [0.4, 0.5) is 4.39 Å². The molecule has 0 bridgehead atoms. The Morgan fingerprint density at radius 1 is 1.30 bits per heavy atom. The smallest absolute Gasteiger partial charge is 0.149 e. The quantitative estimate of drug-likeness (QED) is 0.566. The minimum atomic E-state index is -0.201. The summed E-state index contributed by atoms with van der Waals surface area (Å²) < 4.78 is 14.7. The second-order valence-corrected chi connectivity index (χ2v) is 6.23. The van der Waals surface area contributed by atoms with Gasteiger partial charge in [0.2, 0.25) is 0 Å². The van der Waals surface area contributed by atoms with E-state index in [-0.39, 0.29) is 11.7 Å². The summed E-state index contributed by atoms with van der Waals surface area (Å²) >= 11 is 0. The van der Waals surface area contributed by atoms with Crippen LogP contribution in [0.2, 0.25) is 0 Å². The van der Waals surface area contributed by atoms with E-state index in [1.165, 1.54) is 0 Å². The summed E-state index contributed by atoms with van der Waals surface area (Å²) in [5, 5.41) is 0. The van der Waals surface area contributed by atoms with Crippen LogP contribution >= 0.6 is 0 Å². The Kier molecular flexibility index (Phi) is 7.74. The lowest BCUT2D eigenvalue weighted by atomic mass is 9.86. The van der Waals surface area contributed by atoms with E-state index in [9.17, 15) is 4.39 Å².